The van der Waals surface area contributed by atoms with Gasteiger partial charge in [-0.15, -0.1) is 0 Å². The lowest BCUT2D eigenvalue weighted by atomic mass is 9.96. The third-order valence-electron chi connectivity index (χ3n) is 3.88. The zero-order valence-electron chi connectivity index (χ0n) is 12.5. The van der Waals surface area contributed by atoms with E-state index in [9.17, 15) is 14.4 Å². The Labute approximate surface area is 137 Å². The first-order valence-corrected chi connectivity index (χ1v) is 7.65. The number of nitrogens with one attached hydrogen (secondary N) is 2. The molecule has 23 heavy (non-hydrogen) atoms. The molecule has 0 unspecified atom stereocenters. The highest BCUT2D eigenvalue weighted by Crippen LogP contribution is 2.17. The van der Waals surface area contributed by atoms with E-state index in [2.05, 4.69) is 10.3 Å². The van der Waals surface area contributed by atoms with Crippen molar-refractivity contribution in [1.82, 2.24) is 15.2 Å². The standard InChI is InChI=1S/C14H19ClN4O4/c15-10-5-9(14(23)18-12(10)16)13(22)17-6-8-1-3-19(4-2-8)7-11(20)21/h5,8H,1-4,6-7H2,(H,17,22)(H,20,21)(H3,16,18,23). The van der Waals surface area contributed by atoms with E-state index in [-0.39, 0.29) is 28.9 Å². The number of rotatable bonds is 5. The molecule has 8 nitrogen and oxygen atoms in total. The van der Waals surface area contributed by atoms with Gasteiger partial charge in [-0.25, -0.2) is 0 Å². The number of aliphatic carboxylic acids is 1. The number of aromatic amines is 1. The molecule has 2 heterocycles. The van der Waals surface area contributed by atoms with E-state index in [1.165, 1.54) is 6.07 Å². The van der Waals surface area contributed by atoms with E-state index in [4.69, 9.17) is 22.4 Å². The lowest BCUT2D eigenvalue weighted by Gasteiger charge is -2.30. The fraction of sp³-hybridized carbons (Fsp3) is 0.500. The maximum absolute atomic E-state index is 12.1. The number of amides is 1. The summed E-state index contributed by atoms with van der Waals surface area (Å²) in [7, 11) is 0. The number of pyridine rings is 1. The number of aromatic nitrogens is 1. The molecule has 9 heteroatoms. The molecule has 0 radical (unpaired) electrons. The number of nitrogens with zero attached hydrogens (tertiary/aromatic N) is 1. The number of carbonyl (C=O) groups is 2. The minimum Gasteiger partial charge on any atom is -0.480 e. The number of nitrogens with two attached hydrogens (primary N) is 1. The van der Waals surface area contributed by atoms with E-state index in [0.29, 0.717) is 19.6 Å². The lowest BCUT2D eigenvalue weighted by molar-refractivity contribution is -0.138. The van der Waals surface area contributed by atoms with Crippen molar-refractivity contribution in [2.75, 3.05) is 31.9 Å². The predicted molar refractivity (Wildman–Crippen MR) is 85.6 cm³/mol. The first-order valence-electron chi connectivity index (χ1n) is 7.27. The molecule has 1 amide bonds. The highest BCUT2D eigenvalue weighted by atomic mass is 35.5. The van der Waals surface area contributed by atoms with Crippen LogP contribution in [0.1, 0.15) is 23.2 Å². The van der Waals surface area contributed by atoms with Gasteiger partial charge in [0.25, 0.3) is 11.5 Å². The molecule has 0 aliphatic carbocycles. The summed E-state index contributed by atoms with van der Waals surface area (Å²) in [6.07, 6.45) is 1.60. The van der Waals surface area contributed by atoms with E-state index >= 15 is 0 Å². The number of anilines is 1. The van der Waals surface area contributed by atoms with Gasteiger partial charge in [0.05, 0.1) is 11.6 Å². The molecular weight excluding hydrogens is 324 g/mol. The number of carbonyl (C=O) groups excluding carboxylic acids is 1. The molecule has 126 valence electrons. The van der Waals surface area contributed by atoms with Crippen LogP contribution in [0.15, 0.2) is 10.9 Å². The smallest absolute Gasteiger partial charge is 0.317 e. The van der Waals surface area contributed by atoms with Crippen LogP contribution in [0.4, 0.5) is 5.82 Å². The Hall–Kier alpha value is -2.06. The van der Waals surface area contributed by atoms with Crippen molar-refractivity contribution in [3.05, 3.63) is 27.0 Å². The summed E-state index contributed by atoms with van der Waals surface area (Å²) in [5.41, 5.74) is 4.80. The molecule has 0 bridgehead atoms. The molecule has 0 atom stereocenters. The second kappa shape index (κ2) is 7.47. The van der Waals surface area contributed by atoms with Gasteiger partial charge in [-0.05, 0) is 37.9 Å². The first kappa shape index (κ1) is 17.3. The second-order valence-corrected chi connectivity index (χ2v) is 6.00. The maximum Gasteiger partial charge on any atom is 0.317 e. The van der Waals surface area contributed by atoms with Gasteiger partial charge in [-0.2, -0.15) is 0 Å². The second-order valence-electron chi connectivity index (χ2n) is 5.60. The Bertz CT molecular complexity index is 653. The molecule has 1 saturated heterocycles. The number of hydrogen-bond donors (Lipinski definition) is 4. The maximum atomic E-state index is 12.1. The van der Waals surface area contributed by atoms with Crippen LogP contribution in [-0.2, 0) is 4.79 Å². The normalized spacial score (nSPS) is 16.2. The average Bonchev–Trinajstić information content (AvgIpc) is 2.49. The van der Waals surface area contributed by atoms with Crippen LogP contribution < -0.4 is 16.6 Å². The van der Waals surface area contributed by atoms with Crippen molar-refractivity contribution in [3.63, 3.8) is 0 Å². The third kappa shape index (κ3) is 4.70. The Kier molecular flexibility index (Phi) is 5.62. The molecule has 1 aliphatic heterocycles. The number of nitrogen functional groups attached to an aromatic ring is 1. The zero-order valence-corrected chi connectivity index (χ0v) is 13.2. The topological polar surface area (TPSA) is 129 Å². The quantitative estimate of drug-likeness (QED) is 0.602. The number of piperidine rings is 1. The monoisotopic (exact) mass is 342 g/mol. The van der Waals surface area contributed by atoms with Crippen LogP contribution >= 0.6 is 11.6 Å². The van der Waals surface area contributed by atoms with E-state index in [0.717, 1.165) is 12.8 Å². The van der Waals surface area contributed by atoms with E-state index in [1.54, 1.807) is 0 Å². The number of hydrogen-bond acceptors (Lipinski definition) is 5. The van der Waals surface area contributed by atoms with Gasteiger partial charge in [-0.1, -0.05) is 11.6 Å². The summed E-state index contributed by atoms with van der Waals surface area (Å²) in [5, 5.41) is 11.6. The van der Waals surface area contributed by atoms with Crippen LogP contribution in [0.2, 0.25) is 5.02 Å². The van der Waals surface area contributed by atoms with E-state index < -0.39 is 17.4 Å². The SMILES string of the molecule is Nc1[nH]c(=O)c(C(=O)NCC2CCN(CC(=O)O)CC2)cc1Cl. The van der Waals surface area contributed by atoms with Gasteiger partial charge in [0.1, 0.15) is 11.4 Å². The third-order valence-corrected chi connectivity index (χ3v) is 4.20. The summed E-state index contributed by atoms with van der Waals surface area (Å²) in [4.78, 5) is 38.6. The van der Waals surface area contributed by atoms with Crippen molar-refractivity contribution < 1.29 is 14.7 Å². The number of likely N-dealkylation sites (tertiary alicyclic amines) is 1. The zero-order chi connectivity index (χ0) is 17.0. The Morgan fingerprint density at radius 1 is 1.43 bits per heavy atom. The van der Waals surface area contributed by atoms with Gasteiger partial charge in [-0.3, -0.25) is 19.3 Å². The largest absolute Gasteiger partial charge is 0.480 e. The summed E-state index contributed by atoms with van der Waals surface area (Å²) in [5.74, 6) is -1.05. The summed E-state index contributed by atoms with van der Waals surface area (Å²) < 4.78 is 0. The number of H-pyrrole nitrogens is 1. The molecule has 0 aromatic carbocycles. The minimum atomic E-state index is -0.837. The molecule has 1 fully saturated rings. The molecule has 0 spiro atoms. The van der Waals surface area contributed by atoms with Gasteiger partial charge in [0.15, 0.2) is 0 Å². The molecule has 1 aromatic heterocycles. The van der Waals surface area contributed by atoms with Crippen LogP contribution in [0, 0.1) is 5.92 Å². The fourth-order valence-electron chi connectivity index (χ4n) is 2.56. The highest BCUT2D eigenvalue weighted by molar-refractivity contribution is 6.33. The number of halogens is 1. The summed E-state index contributed by atoms with van der Waals surface area (Å²) in [6, 6.07) is 1.25. The first-order chi connectivity index (χ1) is 10.9. The van der Waals surface area contributed by atoms with Crippen LogP contribution in [0.5, 0.6) is 0 Å². The lowest BCUT2D eigenvalue weighted by Crippen LogP contribution is -2.41. The van der Waals surface area contributed by atoms with Gasteiger partial charge < -0.3 is 21.1 Å². The number of carboxylic acid groups (broad SMARTS) is 1. The average molecular weight is 343 g/mol. The van der Waals surface area contributed by atoms with Crippen molar-refractivity contribution in [2.24, 2.45) is 5.92 Å². The summed E-state index contributed by atoms with van der Waals surface area (Å²) >= 11 is 5.81. The van der Waals surface area contributed by atoms with Crippen molar-refractivity contribution in [1.29, 1.82) is 0 Å². The molecule has 1 aromatic rings. The molecule has 1 aliphatic rings. The van der Waals surface area contributed by atoms with E-state index in [1.807, 2.05) is 4.90 Å². The molecule has 2 rings (SSSR count). The summed E-state index contributed by atoms with van der Waals surface area (Å²) in [6.45, 7) is 1.84. The number of carboxylic acids is 1. The Morgan fingerprint density at radius 2 is 2.09 bits per heavy atom. The van der Waals surface area contributed by atoms with Crippen molar-refractivity contribution in [3.8, 4) is 0 Å². The van der Waals surface area contributed by atoms with Crippen LogP contribution in [0.3, 0.4) is 0 Å². The molecule has 0 saturated carbocycles. The van der Waals surface area contributed by atoms with Crippen molar-refractivity contribution >= 4 is 29.3 Å². The fourth-order valence-corrected chi connectivity index (χ4v) is 2.72. The molecular formula is C14H19ClN4O4. The van der Waals surface area contributed by atoms with Gasteiger partial charge in [0, 0.05) is 6.54 Å². The Morgan fingerprint density at radius 3 is 2.70 bits per heavy atom. The van der Waals surface area contributed by atoms with Gasteiger partial charge in [0.2, 0.25) is 0 Å². The van der Waals surface area contributed by atoms with Crippen LogP contribution in [-0.4, -0.2) is 53.0 Å². The van der Waals surface area contributed by atoms with Crippen molar-refractivity contribution in [2.45, 2.75) is 12.8 Å². The van der Waals surface area contributed by atoms with Gasteiger partial charge >= 0.3 is 5.97 Å². The highest BCUT2D eigenvalue weighted by Gasteiger charge is 2.21. The predicted octanol–water partition coefficient (Wildman–Crippen LogP) is 0.137. The minimum absolute atomic E-state index is 0.0269. The Balaban J connectivity index is 1.85. The molecule has 5 N–H and O–H groups in total. The van der Waals surface area contributed by atoms with Crippen LogP contribution in [0.25, 0.3) is 0 Å².